The summed E-state index contributed by atoms with van der Waals surface area (Å²) in [6.45, 7) is 2.71. The normalized spacial score (nSPS) is 24.1. The highest BCUT2D eigenvalue weighted by Gasteiger charge is 2.50. The van der Waals surface area contributed by atoms with Crippen molar-refractivity contribution in [3.05, 3.63) is 65.9 Å². The van der Waals surface area contributed by atoms with Gasteiger partial charge in [-0.25, -0.2) is 0 Å². The minimum absolute atomic E-state index is 0.0635. The maximum Gasteiger partial charge on any atom is 0.271 e. The van der Waals surface area contributed by atoms with Crippen LogP contribution in [0.25, 0.3) is 10.9 Å². The van der Waals surface area contributed by atoms with Crippen LogP contribution in [0.1, 0.15) is 74.3 Å². The third-order valence-electron chi connectivity index (χ3n) is 9.52. The number of ketones is 2. The van der Waals surface area contributed by atoms with Crippen LogP contribution in [0.5, 0.6) is 5.75 Å². The lowest BCUT2D eigenvalue weighted by Crippen LogP contribution is -2.53. The van der Waals surface area contributed by atoms with E-state index in [0.717, 1.165) is 48.6 Å². The molecule has 2 heterocycles. The van der Waals surface area contributed by atoms with Gasteiger partial charge >= 0.3 is 0 Å². The van der Waals surface area contributed by atoms with Gasteiger partial charge in [0.1, 0.15) is 29.9 Å². The van der Waals surface area contributed by atoms with Gasteiger partial charge in [0, 0.05) is 36.2 Å². The Labute approximate surface area is 246 Å². The van der Waals surface area contributed by atoms with Crippen molar-refractivity contribution in [1.82, 2.24) is 15.2 Å². The number of nitrogens with one attached hydrogen (secondary N) is 2. The van der Waals surface area contributed by atoms with Gasteiger partial charge in [-0.05, 0) is 67.7 Å². The molecule has 6 rings (SSSR count). The highest BCUT2D eigenvalue weighted by atomic mass is 16.5. The van der Waals surface area contributed by atoms with Crippen molar-refractivity contribution in [2.24, 2.45) is 17.8 Å². The average Bonchev–Trinajstić information content (AvgIpc) is 3.79. The van der Waals surface area contributed by atoms with E-state index in [4.69, 9.17) is 4.74 Å². The van der Waals surface area contributed by atoms with E-state index in [1.807, 2.05) is 54.6 Å². The molecule has 1 aromatic heterocycles. The zero-order chi connectivity index (χ0) is 29.2. The Morgan fingerprint density at radius 3 is 2.64 bits per heavy atom. The van der Waals surface area contributed by atoms with Gasteiger partial charge in [-0.15, -0.1) is 0 Å². The van der Waals surface area contributed by atoms with Crippen LogP contribution in [-0.4, -0.2) is 51.9 Å². The summed E-state index contributed by atoms with van der Waals surface area (Å²) in [6, 6.07) is 16.1. The van der Waals surface area contributed by atoms with Crippen LogP contribution < -0.4 is 10.1 Å². The molecule has 2 aromatic carbocycles. The Kier molecular flexibility index (Phi) is 8.13. The van der Waals surface area contributed by atoms with Crippen molar-refractivity contribution in [3.63, 3.8) is 0 Å². The SMILES string of the molecule is CCC(=O)[C@H](C[C@@H]1CCCC1=O)NC(=O)[C@@H]1[C@H]2CCC[C@H]2CN1C(=O)c1cc2c(OCc3ccccc3)cccc2[nH]1. The van der Waals surface area contributed by atoms with Crippen molar-refractivity contribution in [3.8, 4) is 5.75 Å². The maximum atomic E-state index is 14.0. The van der Waals surface area contributed by atoms with Crippen molar-refractivity contribution < 1.29 is 23.9 Å². The second-order valence-corrected chi connectivity index (χ2v) is 12.1. The number of Topliss-reactive ketones (excluding diaryl/α,β-unsaturated/α-hetero) is 2. The number of rotatable bonds is 10. The van der Waals surface area contributed by atoms with Crippen molar-refractivity contribution in [1.29, 1.82) is 0 Å². The first-order valence-corrected chi connectivity index (χ1v) is 15.4. The number of nitrogens with zero attached hydrogens (tertiary/aromatic N) is 1. The Morgan fingerprint density at radius 1 is 1.05 bits per heavy atom. The lowest BCUT2D eigenvalue weighted by molar-refractivity contribution is -0.131. The Bertz CT molecular complexity index is 1480. The molecule has 1 saturated heterocycles. The first-order valence-electron chi connectivity index (χ1n) is 15.4. The first-order chi connectivity index (χ1) is 20.4. The number of carbonyl (C=O) groups excluding carboxylic acids is 4. The summed E-state index contributed by atoms with van der Waals surface area (Å²) in [5, 5.41) is 3.82. The molecule has 1 aliphatic heterocycles. The lowest BCUT2D eigenvalue weighted by Gasteiger charge is -2.29. The summed E-state index contributed by atoms with van der Waals surface area (Å²) in [7, 11) is 0. The molecule has 3 fully saturated rings. The Balaban J connectivity index is 1.22. The van der Waals surface area contributed by atoms with Crippen LogP contribution in [0.15, 0.2) is 54.6 Å². The highest BCUT2D eigenvalue weighted by Crippen LogP contribution is 2.43. The van der Waals surface area contributed by atoms with E-state index >= 15 is 0 Å². The monoisotopic (exact) mass is 569 g/mol. The molecule has 8 nitrogen and oxygen atoms in total. The van der Waals surface area contributed by atoms with E-state index < -0.39 is 12.1 Å². The third-order valence-corrected chi connectivity index (χ3v) is 9.52. The zero-order valence-corrected chi connectivity index (χ0v) is 24.1. The van der Waals surface area contributed by atoms with Gasteiger partial charge in [0.15, 0.2) is 5.78 Å². The fraction of sp³-hybridized carbons (Fsp3) is 0.471. The largest absolute Gasteiger partial charge is 0.488 e. The summed E-state index contributed by atoms with van der Waals surface area (Å²) in [5.74, 6) is 0.428. The van der Waals surface area contributed by atoms with Crippen LogP contribution >= 0.6 is 0 Å². The number of H-pyrrole nitrogens is 1. The smallest absolute Gasteiger partial charge is 0.271 e. The van der Waals surface area contributed by atoms with E-state index in [2.05, 4.69) is 10.3 Å². The standard InChI is InChI=1S/C34H39N3O5/c1-2-29(38)27(17-22-11-7-15-30(22)39)36-33(40)32-24-13-6-12-23(24)19-37(32)34(41)28-18-25-26(35-28)14-8-16-31(25)42-20-21-9-4-3-5-10-21/h3-5,8-10,14,16,18,22-24,27,32,35H,2,6-7,11-13,15,17,19-20H2,1H3,(H,36,40)/t22-,23-,24-,27-,32-/m0/s1. The quantitative estimate of drug-likeness (QED) is 0.349. The summed E-state index contributed by atoms with van der Waals surface area (Å²) >= 11 is 0. The van der Waals surface area contributed by atoms with Gasteiger partial charge in [-0.1, -0.05) is 49.7 Å². The van der Waals surface area contributed by atoms with Crippen LogP contribution in [0.2, 0.25) is 0 Å². The second-order valence-electron chi connectivity index (χ2n) is 12.1. The number of fused-ring (bicyclic) bond motifs is 2. The van der Waals surface area contributed by atoms with Crippen LogP contribution in [0.3, 0.4) is 0 Å². The molecule has 8 heteroatoms. The van der Waals surface area contributed by atoms with E-state index in [0.29, 0.717) is 37.4 Å². The molecule has 5 atom stereocenters. The maximum absolute atomic E-state index is 14.0. The van der Waals surface area contributed by atoms with Crippen LogP contribution in [-0.2, 0) is 21.0 Å². The lowest BCUT2D eigenvalue weighted by atomic mass is 9.91. The van der Waals surface area contributed by atoms with Crippen LogP contribution in [0, 0.1) is 17.8 Å². The second kappa shape index (κ2) is 12.1. The minimum Gasteiger partial charge on any atom is -0.488 e. The Hall–Kier alpha value is -3.94. The molecule has 0 radical (unpaired) electrons. The minimum atomic E-state index is -0.704. The molecule has 2 N–H and O–H groups in total. The number of aromatic amines is 1. The number of likely N-dealkylation sites (tertiary alicyclic amines) is 1. The van der Waals surface area contributed by atoms with Crippen molar-refractivity contribution in [2.75, 3.05) is 6.54 Å². The number of aromatic nitrogens is 1. The number of amides is 2. The number of hydrogen-bond acceptors (Lipinski definition) is 5. The van der Waals surface area contributed by atoms with Crippen molar-refractivity contribution >= 4 is 34.3 Å². The number of hydrogen-bond donors (Lipinski definition) is 2. The molecule has 3 aromatic rings. The molecule has 2 amide bonds. The Morgan fingerprint density at radius 2 is 1.88 bits per heavy atom. The molecular weight excluding hydrogens is 530 g/mol. The van der Waals surface area contributed by atoms with Crippen molar-refractivity contribution in [2.45, 2.75) is 77.0 Å². The topological polar surface area (TPSA) is 109 Å². The van der Waals surface area contributed by atoms with Gasteiger partial charge in [0.2, 0.25) is 5.91 Å². The van der Waals surface area contributed by atoms with E-state index in [1.54, 1.807) is 11.8 Å². The zero-order valence-electron chi connectivity index (χ0n) is 24.1. The molecule has 0 bridgehead atoms. The number of benzene rings is 2. The van der Waals surface area contributed by atoms with Gasteiger partial charge in [-0.2, -0.15) is 0 Å². The van der Waals surface area contributed by atoms with Gasteiger partial charge in [0.25, 0.3) is 5.91 Å². The van der Waals surface area contributed by atoms with Crippen LogP contribution in [0.4, 0.5) is 0 Å². The molecule has 220 valence electrons. The van der Waals surface area contributed by atoms with Gasteiger partial charge < -0.3 is 19.9 Å². The fourth-order valence-corrected chi connectivity index (χ4v) is 7.30. The number of carbonyl (C=O) groups is 4. The molecular formula is C34H39N3O5. The van der Waals surface area contributed by atoms with Gasteiger partial charge in [-0.3, -0.25) is 19.2 Å². The number of ether oxygens (including phenoxy) is 1. The summed E-state index contributed by atoms with van der Waals surface area (Å²) in [6.07, 6.45) is 5.67. The summed E-state index contributed by atoms with van der Waals surface area (Å²) in [5.41, 5.74) is 2.26. The van der Waals surface area contributed by atoms with E-state index in [1.165, 1.54) is 0 Å². The fourth-order valence-electron chi connectivity index (χ4n) is 7.30. The molecule has 42 heavy (non-hydrogen) atoms. The van der Waals surface area contributed by atoms with Gasteiger partial charge in [0.05, 0.1) is 6.04 Å². The van der Waals surface area contributed by atoms with E-state index in [9.17, 15) is 19.2 Å². The highest BCUT2D eigenvalue weighted by molar-refractivity contribution is 6.02. The molecule has 3 aliphatic rings. The average molecular weight is 570 g/mol. The third kappa shape index (κ3) is 5.59. The molecule has 2 saturated carbocycles. The summed E-state index contributed by atoms with van der Waals surface area (Å²) in [4.78, 5) is 58.1. The summed E-state index contributed by atoms with van der Waals surface area (Å²) < 4.78 is 6.12. The molecule has 2 aliphatic carbocycles. The molecule has 0 unspecified atom stereocenters. The predicted molar refractivity (Wildman–Crippen MR) is 159 cm³/mol. The first kappa shape index (κ1) is 28.2. The predicted octanol–water partition coefficient (Wildman–Crippen LogP) is 5.21. The molecule has 0 spiro atoms. The van der Waals surface area contributed by atoms with E-state index in [-0.39, 0.29) is 47.6 Å².